The molecule has 1 amide bonds. The van der Waals surface area contributed by atoms with Crippen LogP contribution in [-0.2, 0) is 43.4 Å². The van der Waals surface area contributed by atoms with E-state index in [4.69, 9.17) is 36.8 Å². The fourth-order valence-electron chi connectivity index (χ4n) is 6.83. The van der Waals surface area contributed by atoms with Crippen molar-refractivity contribution in [1.29, 1.82) is 0 Å². The van der Waals surface area contributed by atoms with E-state index in [1.54, 1.807) is 14.2 Å². The van der Waals surface area contributed by atoms with Gasteiger partial charge in [-0.2, -0.15) is 0 Å². The maximum absolute atomic E-state index is 14.0. The lowest BCUT2D eigenvalue weighted by atomic mass is 9.78. The Labute approximate surface area is 396 Å². The summed E-state index contributed by atoms with van der Waals surface area (Å²) in [5.74, 6) is -0.634. The van der Waals surface area contributed by atoms with Crippen molar-refractivity contribution in [1.82, 2.24) is 5.06 Å². The second-order valence-electron chi connectivity index (χ2n) is 25.0. The Hall–Kier alpha value is -0.962. The van der Waals surface area contributed by atoms with Gasteiger partial charge in [-0.15, -0.1) is 0 Å². The Bertz CT molecular complexity index is 1610. The number of aliphatic hydroxyl groups excluding tert-OH is 1. The molecule has 374 valence electrons. The minimum Gasteiger partial charge on any atom is -0.497 e. The molecule has 2 rings (SSSR count). The summed E-state index contributed by atoms with van der Waals surface area (Å²) in [5, 5.41) is 14.4. The molecule has 0 aliphatic carbocycles. The molecule has 0 aromatic heterocycles. The number of rotatable bonds is 24. The first kappa shape index (κ1) is 59.2. The van der Waals surface area contributed by atoms with Crippen LogP contribution in [0.15, 0.2) is 24.3 Å². The van der Waals surface area contributed by atoms with Crippen molar-refractivity contribution in [2.75, 3.05) is 41.1 Å². The number of hydroxylamine groups is 2. The molecule has 0 radical (unpaired) electrons. The van der Waals surface area contributed by atoms with Gasteiger partial charge in [0.05, 0.1) is 58.3 Å². The zero-order valence-electron chi connectivity index (χ0n) is 45.5. The van der Waals surface area contributed by atoms with Gasteiger partial charge < -0.3 is 37.0 Å². The lowest BCUT2D eigenvalue weighted by Crippen LogP contribution is -2.59. The van der Waals surface area contributed by atoms with Gasteiger partial charge in [0.2, 0.25) is 5.91 Å². The maximum Gasteiger partial charge on any atom is 0.248 e. The molecule has 1 aromatic rings. The summed E-state index contributed by atoms with van der Waals surface area (Å²) in [6.07, 6.45) is -2.57. The number of carbonyl (C=O) groups excluding carboxylic acids is 1. The molecule has 0 spiro atoms. The SMILES string of the molecule is COc1ccc(COC[C@H](C)[C@H]2O[C@@]2(C)[C@@H](O[Si](C)(C)C(C)(C)C)[C@@H](CO[Si](C)(C)C(C)(C)C)[C@H](O)[C@@H](CO[Si](C)(C)C(C)(C)C)[C@H](CC(=O)N(C)OC)O[Si](C)(C)C(C)(C)C)cc1. The molecule has 8 atom stereocenters. The summed E-state index contributed by atoms with van der Waals surface area (Å²) >= 11 is 0. The van der Waals surface area contributed by atoms with Crippen LogP contribution in [0.4, 0.5) is 0 Å². The highest BCUT2D eigenvalue weighted by Gasteiger charge is 2.65. The van der Waals surface area contributed by atoms with E-state index in [1.807, 2.05) is 24.3 Å². The van der Waals surface area contributed by atoms with Crippen LogP contribution < -0.4 is 4.74 Å². The standard InChI is InChI=1S/C49H97NO10Si4/c1-35(31-55-32-36-26-28-37(53-16)29-27-36)43-49(14,58-43)44(60-64(24,25)48(11,12)13)39(34-57-62(20,21)46(5,6)7)42(52)38(33-56-61(18,19)45(2,3)4)40(30-41(51)50(15)54-17)59-63(22,23)47(8,9)10/h26-29,35,38-40,42-44,52H,30-34H2,1-25H3/t35-,38-,39-,40-,42+,43+,44-,49+/m0/s1. The number of nitrogens with zero attached hydrogens (tertiary/aromatic N) is 1. The van der Waals surface area contributed by atoms with E-state index >= 15 is 0 Å². The zero-order valence-corrected chi connectivity index (χ0v) is 49.5. The van der Waals surface area contributed by atoms with Crippen LogP contribution in [-0.4, -0.2) is 120 Å². The summed E-state index contributed by atoms with van der Waals surface area (Å²) in [7, 11) is -5.09. The van der Waals surface area contributed by atoms with Crippen LogP contribution in [0.1, 0.15) is 109 Å². The third-order valence-electron chi connectivity index (χ3n) is 15.9. The highest BCUT2D eigenvalue weighted by molar-refractivity contribution is 6.75. The summed E-state index contributed by atoms with van der Waals surface area (Å²) < 4.78 is 47.9. The number of carbonyl (C=O) groups is 1. The normalized spacial score (nSPS) is 21.2. The number of hydrogen-bond acceptors (Lipinski definition) is 10. The van der Waals surface area contributed by atoms with Crippen molar-refractivity contribution in [3.8, 4) is 5.75 Å². The molecule has 64 heavy (non-hydrogen) atoms. The second kappa shape index (κ2) is 21.8. The number of hydrogen-bond donors (Lipinski definition) is 1. The number of amides is 1. The van der Waals surface area contributed by atoms with Crippen molar-refractivity contribution in [3.05, 3.63) is 29.8 Å². The van der Waals surface area contributed by atoms with E-state index in [2.05, 4.69) is 149 Å². The van der Waals surface area contributed by atoms with Crippen LogP contribution in [0.3, 0.4) is 0 Å². The fraction of sp³-hybridized carbons (Fsp3) is 0.857. The van der Waals surface area contributed by atoms with E-state index in [-0.39, 0.29) is 57.7 Å². The molecular weight excluding hydrogens is 875 g/mol. The average Bonchev–Trinajstić information content (AvgIpc) is 3.84. The first-order valence-electron chi connectivity index (χ1n) is 23.7. The first-order chi connectivity index (χ1) is 28.7. The van der Waals surface area contributed by atoms with E-state index in [0.717, 1.165) is 11.3 Å². The molecule has 1 saturated heterocycles. The minimum atomic E-state index is -2.55. The summed E-state index contributed by atoms with van der Waals surface area (Å²) in [6, 6.07) is 7.93. The van der Waals surface area contributed by atoms with E-state index < -0.39 is 69.0 Å². The summed E-state index contributed by atoms with van der Waals surface area (Å²) in [5.41, 5.74) is 0.279. The van der Waals surface area contributed by atoms with Gasteiger partial charge in [0.15, 0.2) is 33.3 Å². The molecule has 0 saturated carbocycles. The number of aliphatic hydroxyl groups is 1. The van der Waals surface area contributed by atoms with Gasteiger partial charge in [-0.3, -0.25) is 9.63 Å². The highest BCUT2D eigenvalue weighted by atomic mass is 28.4. The monoisotopic (exact) mass is 972 g/mol. The van der Waals surface area contributed by atoms with Crippen molar-refractivity contribution in [2.24, 2.45) is 17.8 Å². The summed E-state index contributed by atoms with van der Waals surface area (Å²) in [4.78, 5) is 19.4. The predicted molar refractivity (Wildman–Crippen MR) is 273 cm³/mol. The Morgan fingerprint density at radius 2 is 1.16 bits per heavy atom. The Kier molecular flexibility index (Phi) is 20.1. The van der Waals surface area contributed by atoms with Gasteiger partial charge in [-0.1, -0.05) is 102 Å². The van der Waals surface area contributed by atoms with Crippen LogP contribution in [0.25, 0.3) is 0 Å². The van der Waals surface area contributed by atoms with Crippen molar-refractivity contribution >= 4 is 39.2 Å². The molecular formula is C49H97NO10Si4. The molecule has 11 nitrogen and oxygen atoms in total. The summed E-state index contributed by atoms with van der Waals surface area (Å²) in [6.45, 7) is 50.3. The van der Waals surface area contributed by atoms with E-state index in [9.17, 15) is 9.90 Å². The molecule has 1 fully saturated rings. The Morgan fingerprint density at radius 3 is 1.58 bits per heavy atom. The van der Waals surface area contributed by atoms with Crippen LogP contribution in [0.5, 0.6) is 5.75 Å². The average molecular weight is 973 g/mol. The minimum absolute atomic E-state index is 0.00195. The quantitative estimate of drug-likeness (QED) is 0.0609. The van der Waals surface area contributed by atoms with Crippen LogP contribution >= 0.6 is 0 Å². The van der Waals surface area contributed by atoms with Crippen molar-refractivity contribution in [2.45, 2.75) is 213 Å². The van der Waals surface area contributed by atoms with Gasteiger partial charge in [-0.05, 0) is 97.1 Å². The van der Waals surface area contributed by atoms with Crippen molar-refractivity contribution < 1.29 is 46.7 Å². The fourth-order valence-corrected chi connectivity index (χ4v) is 11.7. The highest BCUT2D eigenvalue weighted by Crippen LogP contribution is 2.52. The Balaban J connectivity index is 2.91. The third-order valence-corrected chi connectivity index (χ3v) is 33.9. The number of ether oxygens (including phenoxy) is 3. The van der Waals surface area contributed by atoms with Gasteiger partial charge in [0.25, 0.3) is 0 Å². The van der Waals surface area contributed by atoms with Gasteiger partial charge >= 0.3 is 0 Å². The van der Waals surface area contributed by atoms with E-state index in [0.29, 0.717) is 13.2 Å². The zero-order chi connectivity index (χ0) is 49.9. The number of benzene rings is 1. The smallest absolute Gasteiger partial charge is 0.248 e. The third kappa shape index (κ3) is 15.3. The molecule has 15 heteroatoms. The van der Waals surface area contributed by atoms with Gasteiger partial charge in [0.1, 0.15) is 11.4 Å². The van der Waals surface area contributed by atoms with Gasteiger partial charge in [-0.25, -0.2) is 5.06 Å². The largest absolute Gasteiger partial charge is 0.497 e. The molecule has 1 aliphatic heterocycles. The molecule has 1 N–H and O–H groups in total. The topological polar surface area (TPSA) is 118 Å². The van der Waals surface area contributed by atoms with Crippen LogP contribution in [0, 0.1) is 17.8 Å². The molecule has 0 unspecified atom stereocenters. The molecule has 1 aliphatic rings. The molecule has 1 aromatic carbocycles. The lowest BCUT2D eigenvalue weighted by Gasteiger charge is -2.48. The second-order valence-corrected chi connectivity index (χ2v) is 44.1. The first-order valence-corrected chi connectivity index (χ1v) is 35.3. The van der Waals surface area contributed by atoms with Crippen molar-refractivity contribution in [3.63, 3.8) is 0 Å². The van der Waals surface area contributed by atoms with Gasteiger partial charge in [0, 0.05) is 38.0 Å². The van der Waals surface area contributed by atoms with Crippen LogP contribution in [0.2, 0.25) is 72.5 Å². The predicted octanol–water partition coefficient (Wildman–Crippen LogP) is 11.8. The number of epoxide rings is 1. The van der Waals surface area contributed by atoms with E-state index in [1.165, 1.54) is 12.2 Å². The Morgan fingerprint density at radius 1 is 0.719 bits per heavy atom. The molecule has 1 heterocycles. The number of methoxy groups -OCH3 is 1. The maximum atomic E-state index is 14.0. The molecule has 0 bridgehead atoms. The lowest BCUT2D eigenvalue weighted by molar-refractivity contribution is -0.172.